The topological polar surface area (TPSA) is 79.5 Å². The van der Waals surface area contributed by atoms with Crippen molar-refractivity contribution in [2.45, 2.75) is 6.92 Å². The van der Waals surface area contributed by atoms with Gasteiger partial charge in [0.25, 0.3) is 5.91 Å². The van der Waals surface area contributed by atoms with Gasteiger partial charge >= 0.3 is 0 Å². The summed E-state index contributed by atoms with van der Waals surface area (Å²) in [6, 6.07) is 14.2. The maximum atomic E-state index is 13.2. The number of nitrogens with zero attached hydrogens (tertiary/aromatic N) is 3. The summed E-state index contributed by atoms with van der Waals surface area (Å²) in [6.45, 7) is 1.86. The normalized spacial score (nSPS) is 10.9. The lowest BCUT2D eigenvalue weighted by atomic mass is 10.2. The average molecular weight is 362 g/mol. The van der Waals surface area contributed by atoms with Crippen LogP contribution >= 0.6 is 0 Å². The maximum absolute atomic E-state index is 13.2. The fourth-order valence-electron chi connectivity index (χ4n) is 2.83. The Labute approximate surface area is 153 Å². The second kappa shape index (κ2) is 6.53. The smallest absolute Gasteiger partial charge is 0.259 e. The van der Waals surface area contributed by atoms with Gasteiger partial charge in [0.15, 0.2) is 11.5 Å². The molecule has 2 N–H and O–H groups in total. The minimum Gasteiger partial charge on any atom is -0.506 e. The van der Waals surface area contributed by atoms with E-state index < -0.39 is 5.91 Å². The third kappa shape index (κ3) is 3.10. The van der Waals surface area contributed by atoms with Crippen molar-refractivity contribution >= 4 is 17.2 Å². The average Bonchev–Trinajstić information content (AvgIpc) is 3.09. The van der Waals surface area contributed by atoms with Gasteiger partial charge in [0, 0.05) is 11.8 Å². The number of hydrogen-bond acceptors (Lipinski definition) is 4. The molecule has 4 rings (SSSR count). The number of carbonyl (C=O) groups excluding carboxylic acids is 1. The summed E-state index contributed by atoms with van der Waals surface area (Å²) in [4.78, 5) is 12.7. The minimum atomic E-state index is -0.417. The highest BCUT2D eigenvalue weighted by atomic mass is 19.1. The van der Waals surface area contributed by atoms with Crippen molar-refractivity contribution in [3.8, 4) is 17.1 Å². The Morgan fingerprint density at radius 1 is 1.11 bits per heavy atom. The van der Waals surface area contributed by atoms with Crippen LogP contribution < -0.4 is 5.32 Å². The van der Waals surface area contributed by atoms with E-state index in [9.17, 15) is 14.3 Å². The van der Waals surface area contributed by atoms with Gasteiger partial charge in [-0.05, 0) is 61.0 Å². The number of anilines is 1. The first-order chi connectivity index (χ1) is 13.0. The van der Waals surface area contributed by atoms with Crippen molar-refractivity contribution in [2.75, 3.05) is 5.32 Å². The summed E-state index contributed by atoms with van der Waals surface area (Å²) in [6.07, 6.45) is 1.73. The lowest BCUT2D eigenvalue weighted by molar-refractivity contribution is 0.102. The molecule has 0 spiro atoms. The van der Waals surface area contributed by atoms with Gasteiger partial charge in [0.2, 0.25) is 0 Å². The molecule has 2 heterocycles. The number of phenols is 1. The van der Waals surface area contributed by atoms with E-state index in [2.05, 4.69) is 15.5 Å². The van der Waals surface area contributed by atoms with Crippen LogP contribution in [-0.4, -0.2) is 25.6 Å². The van der Waals surface area contributed by atoms with Gasteiger partial charge in [0.05, 0.1) is 11.3 Å². The monoisotopic (exact) mass is 362 g/mol. The van der Waals surface area contributed by atoms with E-state index in [-0.39, 0.29) is 11.6 Å². The van der Waals surface area contributed by atoms with Crippen LogP contribution in [0.2, 0.25) is 0 Å². The predicted octanol–water partition coefficient (Wildman–Crippen LogP) is 3.80. The predicted molar refractivity (Wildman–Crippen MR) is 99.2 cm³/mol. The summed E-state index contributed by atoms with van der Waals surface area (Å²) < 4.78 is 14.8. The van der Waals surface area contributed by atoms with Crippen molar-refractivity contribution in [3.05, 3.63) is 77.7 Å². The molecule has 0 aliphatic rings. The summed E-state index contributed by atoms with van der Waals surface area (Å²) in [7, 11) is 0. The molecule has 2 aromatic heterocycles. The van der Waals surface area contributed by atoms with E-state index in [1.54, 1.807) is 47.0 Å². The van der Waals surface area contributed by atoms with Crippen molar-refractivity contribution in [3.63, 3.8) is 0 Å². The Morgan fingerprint density at radius 2 is 1.89 bits per heavy atom. The summed E-state index contributed by atoms with van der Waals surface area (Å²) in [5, 5.41) is 20.9. The molecule has 0 unspecified atom stereocenters. The number of carbonyl (C=O) groups is 1. The second-order valence-electron chi connectivity index (χ2n) is 6.12. The number of nitrogens with one attached hydrogen (secondary N) is 1. The lowest BCUT2D eigenvalue weighted by Crippen LogP contribution is -2.13. The van der Waals surface area contributed by atoms with Crippen LogP contribution in [0, 0.1) is 12.7 Å². The van der Waals surface area contributed by atoms with Crippen LogP contribution in [0.25, 0.3) is 17.0 Å². The summed E-state index contributed by atoms with van der Waals surface area (Å²) in [5.41, 5.74) is 2.57. The molecule has 0 bridgehead atoms. The van der Waals surface area contributed by atoms with Crippen molar-refractivity contribution in [2.24, 2.45) is 0 Å². The first-order valence-electron chi connectivity index (χ1n) is 8.23. The quantitative estimate of drug-likeness (QED) is 0.543. The van der Waals surface area contributed by atoms with Crippen LogP contribution in [0.5, 0.6) is 5.75 Å². The van der Waals surface area contributed by atoms with E-state index in [1.807, 2.05) is 6.92 Å². The summed E-state index contributed by atoms with van der Waals surface area (Å²) >= 11 is 0. The highest BCUT2D eigenvalue weighted by Crippen LogP contribution is 2.25. The highest BCUT2D eigenvalue weighted by molar-refractivity contribution is 6.08. The van der Waals surface area contributed by atoms with Crippen molar-refractivity contribution < 1.29 is 14.3 Å². The number of phenolic OH excluding ortho intramolecular Hbond substituents is 1. The molecule has 2 aromatic carbocycles. The van der Waals surface area contributed by atoms with Gasteiger partial charge in [0.1, 0.15) is 11.6 Å². The van der Waals surface area contributed by atoms with Crippen LogP contribution in [0.4, 0.5) is 10.1 Å². The number of aromatic hydroxyl groups is 1. The molecule has 0 aliphatic carbocycles. The largest absolute Gasteiger partial charge is 0.506 e. The Morgan fingerprint density at radius 3 is 2.67 bits per heavy atom. The van der Waals surface area contributed by atoms with Crippen LogP contribution in [-0.2, 0) is 0 Å². The maximum Gasteiger partial charge on any atom is 0.259 e. The number of amides is 1. The third-order valence-electron chi connectivity index (χ3n) is 4.18. The number of fused-ring (bicyclic) bond motifs is 1. The van der Waals surface area contributed by atoms with Gasteiger partial charge in [-0.2, -0.15) is 0 Å². The molecule has 4 aromatic rings. The molecule has 0 saturated heterocycles. The molecule has 0 aliphatic heterocycles. The standard InChI is InChI=1S/C20H15FN4O2/c1-12-4-9-17(26)16(11-12)22-20(27)15-3-2-10-25-18(23-24-19(15)25)13-5-7-14(21)8-6-13/h2-11,26H,1H3,(H,22,27). The number of hydrogen-bond donors (Lipinski definition) is 2. The third-order valence-corrected chi connectivity index (χ3v) is 4.18. The van der Waals surface area contributed by atoms with Gasteiger partial charge < -0.3 is 10.4 Å². The number of aromatic nitrogens is 3. The minimum absolute atomic E-state index is 0.0191. The number of pyridine rings is 1. The molecule has 27 heavy (non-hydrogen) atoms. The number of halogens is 1. The zero-order valence-electron chi connectivity index (χ0n) is 14.3. The Bertz CT molecular complexity index is 1150. The molecular formula is C20H15FN4O2. The van der Waals surface area contributed by atoms with Gasteiger partial charge in [-0.3, -0.25) is 9.20 Å². The Balaban J connectivity index is 1.73. The van der Waals surface area contributed by atoms with E-state index >= 15 is 0 Å². The summed E-state index contributed by atoms with van der Waals surface area (Å²) in [5.74, 6) is -0.280. The molecule has 0 atom stereocenters. The highest BCUT2D eigenvalue weighted by Gasteiger charge is 2.17. The molecule has 1 amide bonds. The van der Waals surface area contributed by atoms with Gasteiger partial charge in [-0.15, -0.1) is 10.2 Å². The fraction of sp³-hybridized carbons (Fsp3) is 0.0500. The first kappa shape index (κ1) is 16.7. The molecule has 0 fully saturated rings. The SMILES string of the molecule is Cc1ccc(O)c(NC(=O)c2cccn3c(-c4ccc(F)cc4)nnc23)c1. The van der Waals surface area contributed by atoms with Crippen molar-refractivity contribution in [1.82, 2.24) is 14.6 Å². The molecular weight excluding hydrogens is 347 g/mol. The second-order valence-corrected chi connectivity index (χ2v) is 6.12. The zero-order chi connectivity index (χ0) is 19.0. The molecule has 6 nitrogen and oxygen atoms in total. The molecule has 0 radical (unpaired) electrons. The van der Waals surface area contributed by atoms with Crippen molar-refractivity contribution in [1.29, 1.82) is 0 Å². The van der Waals surface area contributed by atoms with Crippen LogP contribution in [0.15, 0.2) is 60.8 Å². The van der Waals surface area contributed by atoms with Crippen LogP contribution in [0.1, 0.15) is 15.9 Å². The van der Waals surface area contributed by atoms with E-state index in [0.29, 0.717) is 28.3 Å². The first-order valence-corrected chi connectivity index (χ1v) is 8.23. The van der Waals surface area contributed by atoms with Gasteiger partial charge in [-0.1, -0.05) is 6.07 Å². The molecule has 7 heteroatoms. The zero-order valence-corrected chi connectivity index (χ0v) is 14.3. The van der Waals surface area contributed by atoms with Crippen LogP contribution in [0.3, 0.4) is 0 Å². The number of rotatable bonds is 3. The lowest BCUT2D eigenvalue weighted by Gasteiger charge is -2.09. The number of aryl methyl sites for hydroxylation is 1. The van der Waals surface area contributed by atoms with E-state index in [1.165, 1.54) is 18.2 Å². The van der Waals surface area contributed by atoms with Gasteiger partial charge in [-0.25, -0.2) is 4.39 Å². The Hall–Kier alpha value is -3.74. The Kier molecular flexibility index (Phi) is 4.04. The fourth-order valence-corrected chi connectivity index (χ4v) is 2.83. The number of benzene rings is 2. The van der Waals surface area contributed by atoms with E-state index in [0.717, 1.165) is 5.56 Å². The molecule has 0 saturated carbocycles. The van der Waals surface area contributed by atoms with E-state index in [4.69, 9.17) is 0 Å². The molecule has 134 valence electrons.